The van der Waals surface area contributed by atoms with Gasteiger partial charge in [-0.2, -0.15) is 0 Å². The number of nitrogens with one attached hydrogen (secondary N) is 2. The molecule has 2 N–H and O–H groups in total. The van der Waals surface area contributed by atoms with Gasteiger partial charge in [0.25, 0.3) is 0 Å². The number of ether oxygens (including phenoxy) is 1. The molecule has 2 aromatic rings. The number of nitrogens with zero attached hydrogens (tertiary/aromatic N) is 2. The molecule has 7 heteroatoms. The Bertz CT molecular complexity index is 687. The van der Waals surface area contributed by atoms with Crippen molar-refractivity contribution in [2.75, 3.05) is 27.2 Å². The van der Waals surface area contributed by atoms with Crippen molar-refractivity contribution in [3.05, 3.63) is 45.4 Å². The molecule has 0 aliphatic carbocycles. The Hall–Kier alpha value is -1.35. The van der Waals surface area contributed by atoms with Gasteiger partial charge in [0.15, 0.2) is 5.96 Å². The number of aryl methyl sites for hydroxylation is 2. The molecule has 0 atom stereocenters. The number of hydrogen-bond acceptors (Lipinski definition) is 4. The highest BCUT2D eigenvalue weighted by Gasteiger charge is 2.03. The van der Waals surface area contributed by atoms with Crippen LogP contribution < -0.4 is 15.4 Å². The molecule has 1 heterocycles. The number of thiazole rings is 1. The fourth-order valence-corrected chi connectivity index (χ4v) is 3.04. The largest absolute Gasteiger partial charge is 0.496 e. The van der Waals surface area contributed by atoms with E-state index in [1.54, 1.807) is 25.5 Å². The van der Waals surface area contributed by atoms with Crippen molar-refractivity contribution in [1.82, 2.24) is 15.6 Å². The van der Waals surface area contributed by atoms with Crippen LogP contribution in [-0.4, -0.2) is 38.2 Å². The zero-order valence-corrected chi connectivity index (χ0v) is 18.4. The van der Waals surface area contributed by atoms with Gasteiger partial charge in [-0.05, 0) is 37.5 Å². The highest BCUT2D eigenvalue weighted by atomic mass is 127. The standard InChI is InChI=1S/C18H26N4OS.HI/c1-13-5-6-15(11-17(13)23-4)7-9-20-18(19-3)21-10-8-16-12-24-14(2)22-16;/h5-6,11-12H,7-10H2,1-4H3,(H2,19,20,21);1H. The SMILES string of the molecule is CN=C(NCCc1ccc(C)c(OC)c1)NCCc1csc(C)n1.I. The summed E-state index contributed by atoms with van der Waals surface area (Å²) in [4.78, 5) is 8.72. The van der Waals surface area contributed by atoms with E-state index in [9.17, 15) is 0 Å². The van der Waals surface area contributed by atoms with Crippen LogP contribution in [0.15, 0.2) is 28.6 Å². The molecular formula is C18H27IN4OS. The van der Waals surface area contributed by atoms with Gasteiger partial charge in [0.2, 0.25) is 0 Å². The van der Waals surface area contributed by atoms with Crippen molar-refractivity contribution < 1.29 is 4.74 Å². The number of halogens is 1. The lowest BCUT2D eigenvalue weighted by Crippen LogP contribution is -2.39. The number of rotatable bonds is 7. The number of hydrogen-bond donors (Lipinski definition) is 2. The van der Waals surface area contributed by atoms with Crippen LogP contribution in [0.5, 0.6) is 5.75 Å². The summed E-state index contributed by atoms with van der Waals surface area (Å²) in [5, 5.41) is 9.89. The van der Waals surface area contributed by atoms with Gasteiger partial charge in [-0.1, -0.05) is 12.1 Å². The van der Waals surface area contributed by atoms with Gasteiger partial charge in [0, 0.05) is 31.9 Å². The summed E-state index contributed by atoms with van der Waals surface area (Å²) in [5.74, 6) is 1.76. The van der Waals surface area contributed by atoms with E-state index >= 15 is 0 Å². The van der Waals surface area contributed by atoms with Crippen molar-refractivity contribution in [2.45, 2.75) is 26.7 Å². The minimum absolute atomic E-state index is 0. The number of benzene rings is 1. The third-order valence-electron chi connectivity index (χ3n) is 3.74. The Morgan fingerprint density at radius 2 is 1.92 bits per heavy atom. The molecule has 1 aromatic carbocycles. The Morgan fingerprint density at radius 3 is 2.52 bits per heavy atom. The second-order valence-corrected chi connectivity index (χ2v) is 6.65. The number of aromatic nitrogens is 1. The van der Waals surface area contributed by atoms with Crippen molar-refractivity contribution >= 4 is 41.3 Å². The molecule has 0 bridgehead atoms. The van der Waals surface area contributed by atoms with E-state index in [-0.39, 0.29) is 24.0 Å². The summed E-state index contributed by atoms with van der Waals surface area (Å²) in [5.41, 5.74) is 3.54. The van der Waals surface area contributed by atoms with Crippen molar-refractivity contribution in [2.24, 2.45) is 4.99 Å². The van der Waals surface area contributed by atoms with Gasteiger partial charge in [-0.3, -0.25) is 4.99 Å². The van der Waals surface area contributed by atoms with E-state index in [0.29, 0.717) is 0 Å². The number of methoxy groups -OCH3 is 1. The summed E-state index contributed by atoms with van der Waals surface area (Å²) in [6, 6.07) is 6.33. The average molecular weight is 474 g/mol. The van der Waals surface area contributed by atoms with Crippen LogP contribution in [0.3, 0.4) is 0 Å². The lowest BCUT2D eigenvalue weighted by Gasteiger charge is -2.12. The minimum atomic E-state index is 0. The predicted molar refractivity (Wildman–Crippen MR) is 117 cm³/mol. The summed E-state index contributed by atoms with van der Waals surface area (Å²) >= 11 is 1.69. The van der Waals surface area contributed by atoms with E-state index in [1.807, 2.05) is 6.92 Å². The lowest BCUT2D eigenvalue weighted by molar-refractivity contribution is 0.411. The predicted octanol–water partition coefficient (Wildman–Crippen LogP) is 3.34. The molecule has 0 aliphatic heterocycles. The van der Waals surface area contributed by atoms with Crippen molar-refractivity contribution in [1.29, 1.82) is 0 Å². The van der Waals surface area contributed by atoms with E-state index < -0.39 is 0 Å². The lowest BCUT2D eigenvalue weighted by atomic mass is 10.1. The topological polar surface area (TPSA) is 58.5 Å². The zero-order chi connectivity index (χ0) is 17.4. The monoisotopic (exact) mass is 474 g/mol. The molecule has 0 aliphatic rings. The average Bonchev–Trinajstić information content (AvgIpc) is 3.00. The molecule has 0 saturated carbocycles. The molecule has 5 nitrogen and oxygen atoms in total. The molecule has 0 fully saturated rings. The van der Waals surface area contributed by atoms with Crippen molar-refractivity contribution in [3.63, 3.8) is 0 Å². The van der Waals surface area contributed by atoms with Gasteiger partial charge in [-0.15, -0.1) is 35.3 Å². The first-order valence-electron chi connectivity index (χ1n) is 8.11. The van der Waals surface area contributed by atoms with E-state index in [1.165, 1.54) is 5.56 Å². The fraction of sp³-hybridized carbons (Fsp3) is 0.444. The molecule has 138 valence electrons. The summed E-state index contributed by atoms with van der Waals surface area (Å²) in [6.07, 6.45) is 1.82. The van der Waals surface area contributed by atoms with E-state index in [0.717, 1.165) is 53.9 Å². The molecule has 0 spiro atoms. The van der Waals surface area contributed by atoms with Gasteiger partial charge in [-0.25, -0.2) is 4.98 Å². The number of guanidine groups is 1. The zero-order valence-electron chi connectivity index (χ0n) is 15.3. The smallest absolute Gasteiger partial charge is 0.190 e. The Labute approximate surface area is 171 Å². The quantitative estimate of drug-likeness (QED) is 0.367. The van der Waals surface area contributed by atoms with Gasteiger partial charge >= 0.3 is 0 Å². The first kappa shape index (κ1) is 21.7. The molecule has 0 unspecified atom stereocenters. The second-order valence-electron chi connectivity index (χ2n) is 5.59. The maximum atomic E-state index is 5.37. The number of aliphatic imine (C=N–C) groups is 1. The van der Waals surface area contributed by atoms with Gasteiger partial charge in [0.1, 0.15) is 5.75 Å². The first-order valence-corrected chi connectivity index (χ1v) is 8.99. The Morgan fingerprint density at radius 1 is 1.20 bits per heavy atom. The molecule has 25 heavy (non-hydrogen) atoms. The molecule has 2 rings (SSSR count). The minimum Gasteiger partial charge on any atom is -0.496 e. The molecule has 1 aromatic heterocycles. The first-order chi connectivity index (χ1) is 11.6. The normalized spacial score (nSPS) is 11.0. The third kappa shape index (κ3) is 7.19. The maximum Gasteiger partial charge on any atom is 0.190 e. The van der Waals surface area contributed by atoms with E-state index in [4.69, 9.17) is 4.74 Å². The van der Waals surface area contributed by atoms with Crippen LogP contribution >= 0.6 is 35.3 Å². The fourth-order valence-electron chi connectivity index (χ4n) is 2.40. The van der Waals surface area contributed by atoms with E-state index in [2.05, 4.69) is 51.1 Å². The van der Waals surface area contributed by atoms with Crippen LogP contribution in [-0.2, 0) is 12.8 Å². The van der Waals surface area contributed by atoms with Gasteiger partial charge < -0.3 is 15.4 Å². The van der Waals surface area contributed by atoms with Crippen molar-refractivity contribution in [3.8, 4) is 5.75 Å². The molecule has 0 radical (unpaired) electrons. The van der Waals surface area contributed by atoms with Gasteiger partial charge in [0.05, 0.1) is 17.8 Å². The van der Waals surface area contributed by atoms with Crippen LogP contribution in [0.4, 0.5) is 0 Å². The summed E-state index contributed by atoms with van der Waals surface area (Å²) < 4.78 is 5.37. The maximum absolute atomic E-state index is 5.37. The summed E-state index contributed by atoms with van der Waals surface area (Å²) in [6.45, 7) is 5.72. The molecule has 0 amide bonds. The van der Waals surface area contributed by atoms with Crippen LogP contribution in [0.25, 0.3) is 0 Å². The third-order valence-corrected chi connectivity index (χ3v) is 4.56. The highest BCUT2D eigenvalue weighted by molar-refractivity contribution is 14.0. The second kappa shape index (κ2) is 11.3. The Balaban J connectivity index is 0.00000312. The highest BCUT2D eigenvalue weighted by Crippen LogP contribution is 2.18. The van der Waals surface area contributed by atoms with Crippen LogP contribution in [0.1, 0.15) is 21.8 Å². The van der Waals surface area contributed by atoms with Crippen LogP contribution in [0.2, 0.25) is 0 Å². The molecule has 0 saturated heterocycles. The van der Waals surface area contributed by atoms with Crippen LogP contribution in [0, 0.1) is 13.8 Å². The molecular weight excluding hydrogens is 447 g/mol. The Kier molecular flexibility index (Phi) is 9.81. The summed E-state index contributed by atoms with van der Waals surface area (Å²) in [7, 11) is 3.50.